The van der Waals surface area contributed by atoms with Crippen molar-refractivity contribution < 1.29 is 9.47 Å². The molecule has 1 rings (SSSR count). The van der Waals surface area contributed by atoms with Gasteiger partial charge in [0.15, 0.2) is 0 Å². The highest BCUT2D eigenvalue weighted by atomic mass is 16.5. The molecule has 4 heteroatoms. The van der Waals surface area contributed by atoms with E-state index in [1.165, 1.54) is 0 Å². The van der Waals surface area contributed by atoms with Crippen LogP contribution in [0.5, 0.6) is 0 Å². The number of methoxy groups -OCH3 is 1. The maximum atomic E-state index is 5.49. The third-order valence-corrected chi connectivity index (χ3v) is 2.12. The first-order valence-electron chi connectivity index (χ1n) is 4.66. The number of nitrogens with two attached hydrogens (primary N) is 1. The summed E-state index contributed by atoms with van der Waals surface area (Å²) in [7, 11) is 1.68. The van der Waals surface area contributed by atoms with Gasteiger partial charge in [0.25, 0.3) is 0 Å². The Labute approximate surface area is 79.1 Å². The fourth-order valence-electron chi connectivity index (χ4n) is 1.36. The molecule has 0 aromatic carbocycles. The second-order valence-corrected chi connectivity index (χ2v) is 3.10. The zero-order chi connectivity index (χ0) is 9.52. The van der Waals surface area contributed by atoms with Crippen molar-refractivity contribution in [1.29, 1.82) is 0 Å². The van der Waals surface area contributed by atoms with Gasteiger partial charge in [-0.15, -0.1) is 0 Å². The van der Waals surface area contributed by atoms with Crippen molar-refractivity contribution in [1.82, 2.24) is 5.43 Å². The fraction of sp³-hybridized carbons (Fsp3) is 0.778. The average molecular weight is 186 g/mol. The Morgan fingerprint density at radius 2 is 2.62 bits per heavy atom. The molecule has 1 atom stereocenters. The van der Waals surface area contributed by atoms with Gasteiger partial charge in [-0.05, 0) is 25.3 Å². The third kappa shape index (κ3) is 3.34. The van der Waals surface area contributed by atoms with Crippen molar-refractivity contribution in [2.75, 3.05) is 20.3 Å². The smallest absolute Gasteiger partial charge is 0.110 e. The number of hydrogen-bond donors (Lipinski definition) is 2. The van der Waals surface area contributed by atoms with Crippen LogP contribution in [-0.4, -0.2) is 26.4 Å². The lowest BCUT2D eigenvalue weighted by atomic mass is 10.1. The van der Waals surface area contributed by atoms with Crippen molar-refractivity contribution in [2.24, 2.45) is 5.84 Å². The lowest BCUT2D eigenvalue weighted by molar-refractivity contribution is 0.142. The lowest BCUT2D eigenvalue weighted by Gasteiger charge is -2.22. The minimum absolute atomic E-state index is 0.0975. The molecule has 0 radical (unpaired) electrons. The quantitative estimate of drug-likeness (QED) is 0.486. The Morgan fingerprint density at radius 1 is 1.77 bits per heavy atom. The van der Waals surface area contributed by atoms with Crippen LogP contribution in [0.3, 0.4) is 0 Å². The number of nitrogens with one attached hydrogen (secondary N) is 1. The van der Waals surface area contributed by atoms with Crippen LogP contribution in [0.4, 0.5) is 0 Å². The van der Waals surface area contributed by atoms with Gasteiger partial charge in [0.05, 0.1) is 12.6 Å². The van der Waals surface area contributed by atoms with E-state index in [2.05, 4.69) is 11.5 Å². The summed E-state index contributed by atoms with van der Waals surface area (Å²) >= 11 is 0. The van der Waals surface area contributed by atoms with E-state index in [1.54, 1.807) is 7.11 Å². The molecule has 1 heterocycles. The molecule has 1 aliphatic rings. The van der Waals surface area contributed by atoms with Gasteiger partial charge in [0.2, 0.25) is 0 Å². The van der Waals surface area contributed by atoms with E-state index in [0.29, 0.717) is 6.61 Å². The largest absolute Gasteiger partial charge is 0.497 e. The highest BCUT2D eigenvalue weighted by Crippen LogP contribution is 2.15. The molecular weight excluding hydrogens is 168 g/mol. The number of hydrogen-bond acceptors (Lipinski definition) is 4. The second-order valence-electron chi connectivity index (χ2n) is 3.10. The standard InChI is InChI=1S/C9H18N2O2/c1-12-7-5-8(11-10)9-4-2-3-6-13-9/h4,8,11H,2-3,5-7,10H2,1H3. The maximum absolute atomic E-state index is 5.49. The Morgan fingerprint density at radius 3 is 3.15 bits per heavy atom. The van der Waals surface area contributed by atoms with Gasteiger partial charge in [-0.2, -0.15) is 0 Å². The Kier molecular flexibility index (Phi) is 4.82. The predicted molar refractivity (Wildman–Crippen MR) is 50.9 cm³/mol. The van der Waals surface area contributed by atoms with Crippen LogP contribution in [-0.2, 0) is 9.47 Å². The van der Waals surface area contributed by atoms with Crippen molar-refractivity contribution in [3.8, 4) is 0 Å². The normalized spacial score (nSPS) is 19.1. The number of allylic oxidation sites excluding steroid dienone is 1. The van der Waals surface area contributed by atoms with Gasteiger partial charge < -0.3 is 9.47 Å². The lowest BCUT2D eigenvalue weighted by Crippen LogP contribution is -2.38. The number of rotatable bonds is 5. The van der Waals surface area contributed by atoms with Gasteiger partial charge in [0.1, 0.15) is 5.76 Å². The molecule has 0 saturated carbocycles. The molecule has 4 nitrogen and oxygen atoms in total. The van der Waals surface area contributed by atoms with Crippen LogP contribution in [0.25, 0.3) is 0 Å². The number of hydrazine groups is 1. The molecule has 3 N–H and O–H groups in total. The SMILES string of the molecule is COCCC(NN)C1=CCCCO1. The molecule has 0 bridgehead atoms. The third-order valence-electron chi connectivity index (χ3n) is 2.12. The average Bonchev–Trinajstić information content (AvgIpc) is 2.21. The maximum Gasteiger partial charge on any atom is 0.110 e. The van der Waals surface area contributed by atoms with Crippen molar-refractivity contribution >= 4 is 0 Å². The highest BCUT2D eigenvalue weighted by molar-refractivity contribution is 5.04. The summed E-state index contributed by atoms with van der Waals surface area (Å²) < 4.78 is 10.5. The van der Waals surface area contributed by atoms with E-state index in [0.717, 1.165) is 31.6 Å². The molecule has 1 aliphatic heterocycles. The molecule has 0 aromatic rings. The first-order valence-corrected chi connectivity index (χ1v) is 4.66. The molecule has 0 fully saturated rings. The first kappa shape index (κ1) is 10.5. The van der Waals surface area contributed by atoms with Crippen LogP contribution in [0, 0.1) is 0 Å². The Hall–Kier alpha value is -0.580. The zero-order valence-electron chi connectivity index (χ0n) is 8.08. The summed E-state index contributed by atoms with van der Waals surface area (Å²) in [4.78, 5) is 0. The predicted octanol–water partition coefficient (Wildman–Crippen LogP) is 0.549. The summed E-state index contributed by atoms with van der Waals surface area (Å²) in [5.41, 5.74) is 2.73. The minimum Gasteiger partial charge on any atom is -0.497 e. The van der Waals surface area contributed by atoms with Crippen LogP contribution in [0.1, 0.15) is 19.3 Å². The molecular formula is C9H18N2O2. The van der Waals surface area contributed by atoms with Crippen molar-refractivity contribution in [3.05, 3.63) is 11.8 Å². The Balaban J connectivity index is 2.39. The number of ether oxygens (including phenoxy) is 2. The minimum atomic E-state index is 0.0975. The molecule has 0 aromatic heterocycles. The second kappa shape index (κ2) is 5.96. The van der Waals surface area contributed by atoms with Crippen LogP contribution in [0.2, 0.25) is 0 Å². The summed E-state index contributed by atoms with van der Waals surface area (Å²) in [5, 5.41) is 0. The fourth-order valence-corrected chi connectivity index (χ4v) is 1.36. The van der Waals surface area contributed by atoms with E-state index < -0.39 is 0 Å². The molecule has 0 saturated heterocycles. The van der Waals surface area contributed by atoms with Crippen LogP contribution >= 0.6 is 0 Å². The summed E-state index contributed by atoms with van der Waals surface area (Å²) in [6, 6.07) is 0.0975. The van der Waals surface area contributed by atoms with Gasteiger partial charge >= 0.3 is 0 Å². The first-order chi connectivity index (χ1) is 6.38. The molecule has 0 aliphatic carbocycles. The van der Waals surface area contributed by atoms with Gasteiger partial charge in [-0.3, -0.25) is 5.84 Å². The topological polar surface area (TPSA) is 56.5 Å². The molecule has 1 unspecified atom stereocenters. The summed E-state index contributed by atoms with van der Waals surface area (Å²) in [6.45, 7) is 1.49. The summed E-state index contributed by atoms with van der Waals surface area (Å²) in [5.74, 6) is 6.38. The van der Waals surface area contributed by atoms with Crippen LogP contribution < -0.4 is 11.3 Å². The molecule has 0 spiro atoms. The van der Waals surface area contributed by atoms with Gasteiger partial charge in [-0.25, -0.2) is 5.43 Å². The summed E-state index contributed by atoms with van der Waals surface area (Å²) in [6.07, 6.45) is 5.13. The van der Waals surface area contributed by atoms with E-state index in [-0.39, 0.29) is 6.04 Å². The van der Waals surface area contributed by atoms with E-state index >= 15 is 0 Å². The van der Waals surface area contributed by atoms with Gasteiger partial charge in [0, 0.05) is 13.7 Å². The van der Waals surface area contributed by atoms with Gasteiger partial charge in [-0.1, -0.05) is 0 Å². The monoisotopic (exact) mass is 186 g/mol. The van der Waals surface area contributed by atoms with Crippen molar-refractivity contribution in [2.45, 2.75) is 25.3 Å². The molecule has 76 valence electrons. The molecule has 0 amide bonds. The zero-order valence-corrected chi connectivity index (χ0v) is 8.08. The van der Waals surface area contributed by atoms with E-state index in [1.807, 2.05) is 0 Å². The van der Waals surface area contributed by atoms with E-state index in [9.17, 15) is 0 Å². The Bertz CT molecular complexity index is 171. The molecule has 13 heavy (non-hydrogen) atoms. The van der Waals surface area contributed by atoms with Crippen molar-refractivity contribution in [3.63, 3.8) is 0 Å². The van der Waals surface area contributed by atoms with Crippen LogP contribution in [0.15, 0.2) is 11.8 Å². The van der Waals surface area contributed by atoms with E-state index in [4.69, 9.17) is 15.3 Å². The highest BCUT2D eigenvalue weighted by Gasteiger charge is 2.15.